The number of halogens is 2. The summed E-state index contributed by atoms with van der Waals surface area (Å²) in [6, 6.07) is 5.02. The van der Waals surface area contributed by atoms with Gasteiger partial charge in [-0.3, -0.25) is 9.59 Å². The maximum Gasteiger partial charge on any atom is 0.257 e. The van der Waals surface area contributed by atoms with Gasteiger partial charge in [0.2, 0.25) is 15.9 Å². The molecule has 1 aromatic carbocycles. The van der Waals surface area contributed by atoms with Crippen LogP contribution in [0.5, 0.6) is 0 Å². The number of nitrogens with zero attached hydrogens (tertiary/aromatic N) is 1. The molecular formula is C21H25F2N3O4S2. The highest BCUT2D eigenvalue weighted by atomic mass is 32.2. The van der Waals surface area contributed by atoms with E-state index in [4.69, 9.17) is 0 Å². The number of thiophene rings is 1. The van der Waals surface area contributed by atoms with Crippen LogP contribution in [0.4, 0.5) is 8.78 Å². The van der Waals surface area contributed by atoms with E-state index in [0.717, 1.165) is 29.5 Å². The monoisotopic (exact) mass is 485 g/mol. The standard InChI is InChI=1S/C21H25F2N3O4S2/c1-13(2)19(24-20(27)18-15(22)5-3-6-16(18)23)21(28)26-10-8-14(9-11-26)25-32(29,30)17-7-4-12-31-17/h3-7,12-14,19,25H,8-11H2,1-2H3,(H,24,27). The number of likely N-dealkylation sites (tertiary alicyclic amines) is 1. The lowest BCUT2D eigenvalue weighted by atomic mass is 9.99. The van der Waals surface area contributed by atoms with Crippen molar-refractivity contribution in [2.75, 3.05) is 13.1 Å². The second-order valence-electron chi connectivity index (χ2n) is 7.94. The van der Waals surface area contributed by atoms with Gasteiger partial charge in [0.05, 0.1) is 0 Å². The van der Waals surface area contributed by atoms with Crippen LogP contribution in [0.3, 0.4) is 0 Å². The molecule has 1 aromatic heterocycles. The molecule has 174 valence electrons. The number of hydrogen-bond donors (Lipinski definition) is 2. The number of carbonyl (C=O) groups is 2. The van der Waals surface area contributed by atoms with Crippen LogP contribution >= 0.6 is 11.3 Å². The first-order valence-electron chi connectivity index (χ1n) is 10.2. The first kappa shape index (κ1) is 24.3. The lowest BCUT2D eigenvalue weighted by molar-refractivity contribution is -0.135. The first-order valence-corrected chi connectivity index (χ1v) is 12.6. The Bertz CT molecular complexity index is 1050. The van der Waals surface area contributed by atoms with Gasteiger partial charge in [0.15, 0.2) is 0 Å². The van der Waals surface area contributed by atoms with Crippen LogP contribution in [0.2, 0.25) is 0 Å². The van der Waals surface area contributed by atoms with Gasteiger partial charge < -0.3 is 10.2 Å². The average Bonchev–Trinajstić information content (AvgIpc) is 3.27. The molecule has 1 aliphatic rings. The molecule has 0 radical (unpaired) electrons. The Morgan fingerprint density at radius 3 is 2.25 bits per heavy atom. The third-order valence-electron chi connectivity index (χ3n) is 5.30. The van der Waals surface area contributed by atoms with Crippen molar-refractivity contribution in [3.05, 3.63) is 52.9 Å². The van der Waals surface area contributed by atoms with Crippen molar-refractivity contribution in [3.63, 3.8) is 0 Å². The van der Waals surface area contributed by atoms with E-state index in [2.05, 4.69) is 10.0 Å². The molecule has 0 bridgehead atoms. The number of hydrogen-bond acceptors (Lipinski definition) is 5. The third-order valence-corrected chi connectivity index (χ3v) is 8.22. The summed E-state index contributed by atoms with van der Waals surface area (Å²) in [6.07, 6.45) is 0.827. The fraction of sp³-hybridized carbons (Fsp3) is 0.429. The maximum atomic E-state index is 13.9. The molecule has 3 rings (SSSR count). The summed E-state index contributed by atoms with van der Waals surface area (Å²) in [7, 11) is -3.60. The number of benzene rings is 1. The number of nitrogens with one attached hydrogen (secondary N) is 2. The highest BCUT2D eigenvalue weighted by Gasteiger charge is 2.33. The van der Waals surface area contributed by atoms with Crippen LogP contribution in [0, 0.1) is 17.6 Å². The predicted octanol–water partition coefficient (Wildman–Crippen LogP) is 2.75. The Balaban J connectivity index is 1.62. The molecule has 0 spiro atoms. The molecule has 7 nitrogen and oxygen atoms in total. The summed E-state index contributed by atoms with van der Waals surface area (Å²) in [5.74, 6) is -3.69. The molecule has 1 fully saturated rings. The van der Waals surface area contributed by atoms with Crippen LogP contribution in [-0.4, -0.2) is 50.3 Å². The molecule has 1 unspecified atom stereocenters. The molecule has 1 aliphatic heterocycles. The van der Waals surface area contributed by atoms with Crippen molar-refractivity contribution in [3.8, 4) is 0 Å². The Morgan fingerprint density at radius 1 is 1.09 bits per heavy atom. The molecular weight excluding hydrogens is 460 g/mol. The first-order chi connectivity index (χ1) is 15.1. The zero-order chi connectivity index (χ0) is 23.5. The van der Waals surface area contributed by atoms with E-state index < -0.39 is 39.2 Å². The second-order valence-corrected chi connectivity index (χ2v) is 10.8. The summed E-state index contributed by atoms with van der Waals surface area (Å²) >= 11 is 1.13. The average molecular weight is 486 g/mol. The Morgan fingerprint density at radius 2 is 1.72 bits per heavy atom. The normalized spacial score (nSPS) is 16.2. The van der Waals surface area contributed by atoms with Gasteiger partial charge >= 0.3 is 0 Å². The van der Waals surface area contributed by atoms with Gasteiger partial charge in [0, 0.05) is 19.1 Å². The van der Waals surface area contributed by atoms with Gasteiger partial charge in [0.25, 0.3) is 5.91 Å². The number of sulfonamides is 1. The summed E-state index contributed by atoms with van der Waals surface area (Å²) in [5, 5.41) is 4.14. The van der Waals surface area contributed by atoms with Gasteiger partial charge in [0.1, 0.15) is 27.4 Å². The van der Waals surface area contributed by atoms with E-state index in [1.165, 1.54) is 6.07 Å². The highest BCUT2D eigenvalue weighted by molar-refractivity contribution is 7.91. The van der Waals surface area contributed by atoms with Crippen LogP contribution in [0.1, 0.15) is 37.0 Å². The van der Waals surface area contributed by atoms with E-state index in [1.807, 2.05) is 0 Å². The number of amides is 2. The summed E-state index contributed by atoms with van der Waals surface area (Å²) in [5.41, 5.74) is -0.729. The zero-order valence-corrected chi connectivity index (χ0v) is 19.3. The number of piperidine rings is 1. The SMILES string of the molecule is CC(C)C(NC(=O)c1c(F)cccc1F)C(=O)N1CCC(NS(=O)(=O)c2cccs2)CC1. The summed E-state index contributed by atoms with van der Waals surface area (Å²) in [6.45, 7) is 4.04. The van der Waals surface area contributed by atoms with E-state index in [0.29, 0.717) is 25.9 Å². The summed E-state index contributed by atoms with van der Waals surface area (Å²) < 4.78 is 55.6. The maximum absolute atomic E-state index is 13.9. The number of carbonyl (C=O) groups excluding carboxylic acids is 2. The molecule has 1 atom stereocenters. The van der Waals surface area contributed by atoms with Crippen molar-refractivity contribution in [1.29, 1.82) is 0 Å². The summed E-state index contributed by atoms with van der Waals surface area (Å²) in [4.78, 5) is 27.1. The zero-order valence-electron chi connectivity index (χ0n) is 17.7. The second kappa shape index (κ2) is 10.1. The van der Waals surface area contributed by atoms with Gasteiger partial charge in [-0.15, -0.1) is 11.3 Å². The molecule has 2 heterocycles. The molecule has 2 N–H and O–H groups in total. The molecule has 2 amide bonds. The molecule has 0 aliphatic carbocycles. The lowest BCUT2D eigenvalue weighted by Crippen LogP contribution is -2.54. The van der Waals surface area contributed by atoms with Crippen molar-refractivity contribution >= 4 is 33.2 Å². The van der Waals surface area contributed by atoms with Gasteiger partial charge in [-0.05, 0) is 42.3 Å². The van der Waals surface area contributed by atoms with Gasteiger partial charge in [-0.25, -0.2) is 21.9 Å². The quantitative estimate of drug-likeness (QED) is 0.631. The smallest absolute Gasteiger partial charge is 0.257 e. The Labute approximate surface area is 189 Å². The Hall–Kier alpha value is -2.37. The van der Waals surface area contributed by atoms with Gasteiger partial charge in [-0.2, -0.15) is 0 Å². The van der Waals surface area contributed by atoms with Crippen molar-refractivity contribution in [2.45, 2.75) is 43.0 Å². The molecule has 0 saturated carbocycles. The van der Waals surface area contributed by atoms with Crippen LogP contribution < -0.4 is 10.0 Å². The van der Waals surface area contributed by atoms with Crippen molar-refractivity contribution in [2.24, 2.45) is 5.92 Å². The van der Waals surface area contributed by atoms with Crippen molar-refractivity contribution in [1.82, 2.24) is 14.9 Å². The van der Waals surface area contributed by atoms with Crippen molar-refractivity contribution < 1.29 is 26.8 Å². The molecule has 2 aromatic rings. The Kier molecular flexibility index (Phi) is 7.63. The number of rotatable bonds is 7. The largest absolute Gasteiger partial charge is 0.341 e. The van der Waals surface area contributed by atoms with Crippen LogP contribution in [0.15, 0.2) is 39.9 Å². The van der Waals surface area contributed by atoms with E-state index in [-0.39, 0.29) is 22.1 Å². The highest BCUT2D eigenvalue weighted by Crippen LogP contribution is 2.20. The molecule has 1 saturated heterocycles. The van der Waals surface area contributed by atoms with E-state index in [9.17, 15) is 26.8 Å². The lowest BCUT2D eigenvalue weighted by Gasteiger charge is -2.35. The van der Waals surface area contributed by atoms with Gasteiger partial charge in [-0.1, -0.05) is 26.0 Å². The van der Waals surface area contributed by atoms with Crippen LogP contribution in [0.25, 0.3) is 0 Å². The minimum atomic E-state index is -3.60. The van der Waals surface area contributed by atoms with E-state index in [1.54, 1.807) is 30.2 Å². The van der Waals surface area contributed by atoms with E-state index >= 15 is 0 Å². The van der Waals surface area contributed by atoms with Crippen LogP contribution in [-0.2, 0) is 14.8 Å². The minimum absolute atomic E-state index is 0.235. The predicted molar refractivity (Wildman–Crippen MR) is 117 cm³/mol. The molecule has 11 heteroatoms. The fourth-order valence-corrected chi connectivity index (χ4v) is 5.86. The topological polar surface area (TPSA) is 95.6 Å². The third kappa shape index (κ3) is 5.51. The molecule has 32 heavy (non-hydrogen) atoms. The fourth-order valence-electron chi connectivity index (χ4n) is 3.55. The minimum Gasteiger partial charge on any atom is -0.341 e.